The molecule has 1 saturated heterocycles. The Morgan fingerprint density at radius 1 is 1.35 bits per heavy atom. The van der Waals surface area contributed by atoms with Gasteiger partial charge in [-0.2, -0.15) is 0 Å². The predicted molar refractivity (Wildman–Crippen MR) is 85.8 cm³/mol. The van der Waals surface area contributed by atoms with Crippen LogP contribution in [0.4, 0.5) is 5.69 Å². The van der Waals surface area contributed by atoms with Crippen molar-refractivity contribution in [1.29, 1.82) is 0 Å². The molecule has 1 aromatic carbocycles. The second-order valence-corrected chi connectivity index (χ2v) is 7.10. The number of benzene rings is 1. The summed E-state index contributed by atoms with van der Waals surface area (Å²) in [4.78, 5) is 15.4. The average Bonchev–Trinajstić information content (AvgIpc) is 2.38. The first-order valence-corrected chi connectivity index (χ1v) is 8.21. The molecule has 2 atom stereocenters. The van der Waals surface area contributed by atoms with Gasteiger partial charge in [0.2, 0.25) is 5.91 Å². The minimum Gasteiger partial charge on any atom is -0.399 e. The van der Waals surface area contributed by atoms with Crippen LogP contribution < -0.4 is 5.73 Å². The van der Waals surface area contributed by atoms with Crippen molar-refractivity contribution in [2.45, 2.75) is 32.1 Å². The van der Waals surface area contributed by atoms with Crippen LogP contribution in [0.2, 0.25) is 0 Å². The Morgan fingerprint density at radius 3 is 2.60 bits per heavy atom. The number of nitrogen functional groups attached to an aromatic ring is 1. The summed E-state index contributed by atoms with van der Waals surface area (Å²) in [6.07, 6.45) is 1.23. The van der Waals surface area contributed by atoms with E-state index in [0.29, 0.717) is 17.6 Å². The molecule has 4 heteroatoms. The molecule has 0 radical (unpaired) electrons. The second-order valence-electron chi connectivity index (χ2n) is 6.05. The third-order valence-corrected chi connectivity index (χ3v) is 4.80. The summed E-state index contributed by atoms with van der Waals surface area (Å²) in [5.41, 5.74) is 7.68. The van der Waals surface area contributed by atoms with E-state index < -0.39 is 0 Å². The maximum atomic E-state index is 12.3. The molecule has 1 fully saturated rings. The lowest BCUT2D eigenvalue weighted by atomic mass is 9.92. The zero-order valence-electron chi connectivity index (χ0n) is 12.6. The number of carbonyl (C=O) groups excluding carboxylic acids is 1. The molecular formula is C16H24N2OS. The number of hydrogen-bond acceptors (Lipinski definition) is 3. The van der Waals surface area contributed by atoms with Crippen molar-refractivity contribution in [3.05, 3.63) is 23.8 Å². The normalized spacial score (nSPS) is 22.9. The van der Waals surface area contributed by atoms with Crippen LogP contribution in [0.5, 0.6) is 0 Å². The molecule has 1 amide bonds. The van der Waals surface area contributed by atoms with Gasteiger partial charge in [-0.15, -0.1) is 11.8 Å². The number of rotatable bonds is 3. The lowest BCUT2D eigenvalue weighted by Crippen LogP contribution is -2.43. The van der Waals surface area contributed by atoms with Gasteiger partial charge in [0.25, 0.3) is 0 Å². The first-order chi connectivity index (χ1) is 9.45. The van der Waals surface area contributed by atoms with Crippen molar-refractivity contribution in [2.24, 2.45) is 11.8 Å². The van der Waals surface area contributed by atoms with Crippen LogP contribution in [-0.4, -0.2) is 29.6 Å². The van der Waals surface area contributed by atoms with E-state index in [4.69, 9.17) is 5.73 Å². The Balaban J connectivity index is 1.89. The van der Waals surface area contributed by atoms with Gasteiger partial charge in [0, 0.05) is 23.7 Å². The average molecular weight is 292 g/mol. The number of anilines is 1. The highest BCUT2D eigenvalue weighted by Gasteiger charge is 2.25. The van der Waals surface area contributed by atoms with E-state index in [2.05, 4.69) is 19.9 Å². The lowest BCUT2D eigenvalue weighted by molar-refractivity contribution is -0.130. The molecule has 1 aliphatic heterocycles. The number of nitrogens with two attached hydrogens (primary N) is 1. The molecule has 2 rings (SSSR count). The van der Waals surface area contributed by atoms with Gasteiger partial charge in [-0.05, 0) is 48.9 Å². The van der Waals surface area contributed by atoms with Crippen molar-refractivity contribution in [3.8, 4) is 0 Å². The number of thioether (sulfide) groups is 1. The minimum atomic E-state index is 0.253. The summed E-state index contributed by atoms with van der Waals surface area (Å²) in [7, 11) is 0. The first-order valence-electron chi connectivity index (χ1n) is 7.22. The quantitative estimate of drug-likeness (QED) is 0.687. The lowest BCUT2D eigenvalue weighted by Gasteiger charge is -2.35. The highest BCUT2D eigenvalue weighted by molar-refractivity contribution is 8.00. The third-order valence-electron chi connectivity index (χ3n) is 3.83. The summed E-state index contributed by atoms with van der Waals surface area (Å²) >= 11 is 1.60. The Hall–Kier alpha value is -1.16. The number of amides is 1. The number of piperidine rings is 1. The van der Waals surface area contributed by atoms with E-state index in [1.54, 1.807) is 11.8 Å². The third kappa shape index (κ3) is 3.92. The summed E-state index contributed by atoms with van der Waals surface area (Å²) in [5.74, 6) is 2.00. The number of aryl methyl sites for hydroxylation is 1. The molecule has 0 aromatic heterocycles. The maximum absolute atomic E-state index is 12.3. The van der Waals surface area contributed by atoms with Crippen LogP contribution in [-0.2, 0) is 4.79 Å². The van der Waals surface area contributed by atoms with E-state index >= 15 is 0 Å². The second kappa shape index (κ2) is 6.53. The summed E-state index contributed by atoms with van der Waals surface area (Å²) in [5, 5.41) is 0. The fraction of sp³-hybridized carbons (Fsp3) is 0.562. The number of nitrogens with zero attached hydrogens (tertiary/aromatic N) is 1. The Morgan fingerprint density at radius 2 is 2.00 bits per heavy atom. The minimum absolute atomic E-state index is 0.253. The molecule has 3 nitrogen and oxygen atoms in total. The highest BCUT2D eigenvalue weighted by atomic mass is 32.2. The van der Waals surface area contributed by atoms with E-state index in [1.165, 1.54) is 6.42 Å². The molecule has 1 heterocycles. The molecule has 2 N–H and O–H groups in total. The Kier molecular flexibility index (Phi) is 4.97. The Labute approximate surface area is 125 Å². The zero-order chi connectivity index (χ0) is 14.7. The van der Waals surface area contributed by atoms with Crippen LogP contribution in [0.15, 0.2) is 23.1 Å². The fourth-order valence-electron chi connectivity index (χ4n) is 2.84. The van der Waals surface area contributed by atoms with Crippen molar-refractivity contribution in [1.82, 2.24) is 4.90 Å². The van der Waals surface area contributed by atoms with Gasteiger partial charge in [0.1, 0.15) is 0 Å². The van der Waals surface area contributed by atoms with Crippen molar-refractivity contribution >= 4 is 23.4 Å². The van der Waals surface area contributed by atoms with E-state index in [0.717, 1.165) is 29.2 Å². The fourth-order valence-corrected chi connectivity index (χ4v) is 3.74. The van der Waals surface area contributed by atoms with Gasteiger partial charge >= 0.3 is 0 Å². The van der Waals surface area contributed by atoms with Crippen LogP contribution in [0.1, 0.15) is 25.8 Å². The number of carbonyl (C=O) groups is 1. The molecule has 1 aromatic rings. The van der Waals surface area contributed by atoms with Gasteiger partial charge in [0.05, 0.1) is 5.75 Å². The summed E-state index contributed by atoms with van der Waals surface area (Å²) in [6.45, 7) is 8.27. The van der Waals surface area contributed by atoms with Gasteiger partial charge in [-0.3, -0.25) is 4.79 Å². The van der Waals surface area contributed by atoms with Crippen molar-refractivity contribution in [3.63, 3.8) is 0 Å². The molecule has 20 heavy (non-hydrogen) atoms. The Bertz CT molecular complexity index is 479. The number of likely N-dealkylation sites (tertiary alicyclic amines) is 1. The van der Waals surface area contributed by atoms with Gasteiger partial charge in [-0.25, -0.2) is 0 Å². The molecule has 0 bridgehead atoms. The van der Waals surface area contributed by atoms with Gasteiger partial charge in [-0.1, -0.05) is 13.8 Å². The molecule has 110 valence electrons. The first kappa shape index (κ1) is 15.2. The topological polar surface area (TPSA) is 46.3 Å². The van der Waals surface area contributed by atoms with Crippen molar-refractivity contribution in [2.75, 3.05) is 24.6 Å². The zero-order valence-corrected chi connectivity index (χ0v) is 13.4. The monoisotopic (exact) mass is 292 g/mol. The van der Waals surface area contributed by atoms with E-state index in [-0.39, 0.29) is 5.91 Å². The van der Waals surface area contributed by atoms with Gasteiger partial charge in [0.15, 0.2) is 0 Å². The number of hydrogen-bond donors (Lipinski definition) is 1. The predicted octanol–water partition coefficient (Wildman–Crippen LogP) is 3.17. The van der Waals surface area contributed by atoms with Crippen LogP contribution in [0.25, 0.3) is 0 Å². The SMILES string of the molecule is Cc1cc(SCC(=O)N2CC(C)CC(C)C2)ccc1N. The summed E-state index contributed by atoms with van der Waals surface area (Å²) < 4.78 is 0. The highest BCUT2D eigenvalue weighted by Crippen LogP contribution is 2.25. The molecule has 0 spiro atoms. The smallest absolute Gasteiger partial charge is 0.232 e. The molecule has 0 saturated carbocycles. The van der Waals surface area contributed by atoms with E-state index in [9.17, 15) is 4.79 Å². The standard InChI is InChI=1S/C16H24N2OS/c1-11-6-12(2)9-18(8-11)16(19)10-20-14-4-5-15(17)13(3)7-14/h4-5,7,11-12H,6,8-10,17H2,1-3H3. The molecule has 1 aliphatic rings. The van der Waals surface area contributed by atoms with Crippen molar-refractivity contribution < 1.29 is 4.79 Å². The molecule has 0 aliphatic carbocycles. The van der Waals surface area contributed by atoms with Crippen LogP contribution in [0, 0.1) is 18.8 Å². The molecule has 2 unspecified atom stereocenters. The van der Waals surface area contributed by atoms with Crippen LogP contribution >= 0.6 is 11.8 Å². The maximum Gasteiger partial charge on any atom is 0.232 e. The largest absolute Gasteiger partial charge is 0.399 e. The van der Waals surface area contributed by atoms with Gasteiger partial charge < -0.3 is 10.6 Å². The molecular weight excluding hydrogens is 268 g/mol. The summed E-state index contributed by atoms with van der Waals surface area (Å²) in [6, 6.07) is 5.95. The van der Waals surface area contributed by atoms with E-state index in [1.807, 2.05) is 24.0 Å². The van der Waals surface area contributed by atoms with Crippen LogP contribution in [0.3, 0.4) is 0 Å².